The van der Waals surface area contributed by atoms with Crippen molar-refractivity contribution in [2.75, 3.05) is 18.4 Å². The van der Waals surface area contributed by atoms with Gasteiger partial charge in [0.15, 0.2) is 5.11 Å². The van der Waals surface area contributed by atoms with E-state index in [9.17, 15) is 9.90 Å². The molecule has 2 aromatic heterocycles. The monoisotopic (exact) mass is 525 g/mol. The van der Waals surface area contributed by atoms with E-state index in [4.69, 9.17) is 12.2 Å². The lowest BCUT2D eigenvalue weighted by atomic mass is 9.96. The van der Waals surface area contributed by atoms with E-state index in [-0.39, 0.29) is 17.6 Å². The second-order valence-electron chi connectivity index (χ2n) is 9.48. The van der Waals surface area contributed by atoms with Crippen LogP contribution in [-0.4, -0.2) is 43.7 Å². The van der Waals surface area contributed by atoms with E-state index in [1.54, 1.807) is 12.1 Å². The first-order valence-electron chi connectivity index (χ1n) is 12.7. The van der Waals surface area contributed by atoms with Crippen LogP contribution >= 0.6 is 12.2 Å². The Morgan fingerprint density at radius 3 is 2.47 bits per heavy atom. The summed E-state index contributed by atoms with van der Waals surface area (Å²) in [5.41, 5.74) is 6.59. The number of carbonyl (C=O) groups is 1. The third kappa shape index (κ3) is 5.13. The molecule has 0 aliphatic carbocycles. The minimum atomic E-state index is -0.931. The van der Waals surface area contributed by atoms with Gasteiger partial charge in [-0.15, -0.1) is 0 Å². The lowest BCUT2D eigenvalue weighted by Crippen LogP contribution is -2.31. The Hall–Kier alpha value is -4.17. The Morgan fingerprint density at radius 2 is 1.79 bits per heavy atom. The summed E-state index contributed by atoms with van der Waals surface area (Å²) in [7, 11) is 0. The predicted molar refractivity (Wildman–Crippen MR) is 154 cm³/mol. The van der Waals surface area contributed by atoms with Gasteiger partial charge in [0.05, 0.1) is 23.3 Å². The number of hydrogen-bond acceptors (Lipinski definition) is 4. The summed E-state index contributed by atoms with van der Waals surface area (Å²) < 4.78 is 2.17. The molecule has 1 saturated heterocycles. The van der Waals surface area contributed by atoms with Crippen molar-refractivity contribution in [3.05, 3.63) is 113 Å². The zero-order chi connectivity index (χ0) is 26.6. The molecular formula is C30H31N5O2S. The van der Waals surface area contributed by atoms with Crippen LogP contribution in [0.3, 0.4) is 0 Å². The van der Waals surface area contributed by atoms with Crippen molar-refractivity contribution in [2.45, 2.75) is 32.4 Å². The number of pyridine rings is 1. The van der Waals surface area contributed by atoms with Crippen LogP contribution < -0.4 is 10.6 Å². The Labute approximate surface area is 228 Å². The summed E-state index contributed by atoms with van der Waals surface area (Å²) in [5, 5.41) is 17.1. The first-order valence-corrected chi connectivity index (χ1v) is 13.1. The normalized spacial score (nSPS) is 16.9. The number of thiocarbonyl (C=S) groups is 1. The number of aromatic nitrogens is 2. The molecule has 0 spiro atoms. The van der Waals surface area contributed by atoms with E-state index < -0.39 is 5.97 Å². The van der Waals surface area contributed by atoms with Gasteiger partial charge in [0.1, 0.15) is 0 Å². The third-order valence-corrected chi connectivity index (χ3v) is 7.39. The van der Waals surface area contributed by atoms with E-state index in [2.05, 4.69) is 57.1 Å². The fourth-order valence-corrected chi connectivity index (χ4v) is 5.59. The number of carboxylic acid groups (broad SMARTS) is 1. The van der Waals surface area contributed by atoms with Gasteiger partial charge >= 0.3 is 5.97 Å². The van der Waals surface area contributed by atoms with E-state index in [0.717, 1.165) is 53.1 Å². The average Bonchev–Trinajstić information content (AvgIpc) is 3.42. The number of anilines is 1. The van der Waals surface area contributed by atoms with Gasteiger partial charge < -0.3 is 25.2 Å². The summed E-state index contributed by atoms with van der Waals surface area (Å²) in [6, 6.07) is 25.3. The van der Waals surface area contributed by atoms with Gasteiger partial charge in [-0.05, 0) is 92.6 Å². The largest absolute Gasteiger partial charge is 0.478 e. The van der Waals surface area contributed by atoms with Crippen LogP contribution in [0, 0.1) is 13.8 Å². The first-order chi connectivity index (χ1) is 18.4. The molecule has 4 aromatic rings. The molecule has 1 aliphatic heterocycles. The van der Waals surface area contributed by atoms with Crippen LogP contribution in [0.15, 0.2) is 85.1 Å². The zero-order valence-electron chi connectivity index (χ0n) is 21.5. The van der Waals surface area contributed by atoms with Crippen LogP contribution in [0.2, 0.25) is 0 Å². The van der Waals surface area contributed by atoms with E-state index in [0.29, 0.717) is 0 Å². The number of aromatic carboxylic acids is 1. The minimum absolute atomic E-state index is 0.0348. The summed E-state index contributed by atoms with van der Waals surface area (Å²) in [6.07, 6.45) is 2.73. The van der Waals surface area contributed by atoms with Crippen molar-refractivity contribution < 1.29 is 9.90 Å². The molecule has 194 valence electrons. The number of para-hydroxylation sites is 1. The number of nitrogens with one attached hydrogen (secondary N) is 2. The maximum absolute atomic E-state index is 11.3. The van der Waals surface area contributed by atoms with Gasteiger partial charge in [0, 0.05) is 42.0 Å². The molecule has 0 radical (unpaired) electrons. The molecule has 0 unspecified atom stereocenters. The van der Waals surface area contributed by atoms with Crippen molar-refractivity contribution in [3.63, 3.8) is 0 Å². The second-order valence-corrected chi connectivity index (χ2v) is 9.87. The zero-order valence-corrected chi connectivity index (χ0v) is 22.3. The van der Waals surface area contributed by atoms with Gasteiger partial charge in [0.25, 0.3) is 0 Å². The van der Waals surface area contributed by atoms with Crippen molar-refractivity contribution >= 4 is 29.0 Å². The van der Waals surface area contributed by atoms with Crippen molar-refractivity contribution in [3.8, 4) is 5.69 Å². The van der Waals surface area contributed by atoms with E-state index in [1.807, 2.05) is 54.7 Å². The number of rotatable bonds is 9. The topological polar surface area (TPSA) is 82.4 Å². The minimum Gasteiger partial charge on any atom is -0.478 e. The van der Waals surface area contributed by atoms with Crippen LogP contribution in [0.5, 0.6) is 0 Å². The molecule has 0 bridgehead atoms. The Kier molecular flexibility index (Phi) is 7.42. The number of aryl methyl sites for hydroxylation is 1. The highest BCUT2D eigenvalue weighted by Gasteiger charge is 2.41. The summed E-state index contributed by atoms with van der Waals surface area (Å²) >= 11 is 5.86. The number of benzene rings is 2. The van der Waals surface area contributed by atoms with Gasteiger partial charge in [-0.25, -0.2) is 4.79 Å². The van der Waals surface area contributed by atoms with Crippen LogP contribution in [0.1, 0.15) is 51.5 Å². The third-order valence-electron chi connectivity index (χ3n) is 7.04. The quantitative estimate of drug-likeness (QED) is 0.192. The lowest BCUT2D eigenvalue weighted by molar-refractivity contribution is 0.0697. The highest BCUT2D eigenvalue weighted by molar-refractivity contribution is 7.80. The molecule has 1 aliphatic rings. The molecule has 1 fully saturated rings. The molecule has 5 rings (SSSR count). The average molecular weight is 526 g/mol. The molecule has 3 N–H and O–H groups in total. The molecule has 0 saturated carbocycles. The van der Waals surface area contributed by atoms with Gasteiger partial charge in [0.2, 0.25) is 0 Å². The van der Waals surface area contributed by atoms with Crippen molar-refractivity contribution in [2.24, 2.45) is 0 Å². The van der Waals surface area contributed by atoms with E-state index >= 15 is 0 Å². The fraction of sp³-hybridized carbons (Fsp3) is 0.233. The molecular weight excluding hydrogens is 494 g/mol. The molecule has 3 heterocycles. The van der Waals surface area contributed by atoms with E-state index in [1.165, 1.54) is 5.56 Å². The van der Waals surface area contributed by atoms with Crippen LogP contribution in [0.25, 0.3) is 5.69 Å². The molecule has 2 aromatic carbocycles. The Bertz CT molecular complexity index is 1420. The molecule has 8 heteroatoms. The van der Waals surface area contributed by atoms with Crippen LogP contribution in [-0.2, 0) is 0 Å². The standard InChI is InChI=1S/C30H31N5O2S/c1-20-19-25(21(2)35(20)24-14-12-22(13-15-24)29(36)37)28-27(26-11-6-7-16-32-26)33-30(38)34(28)18-8-17-31-23-9-4-3-5-10-23/h3-7,9-16,19,27-28,31H,8,17-18H2,1-2H3,(H,33,38)(H,36,37)/t27-,28-/m0/s1. The maximum atomic E-state index is 11.3. The smallest absolute Gasteiger partial charge is 0.335 e. The van der Waals surface area contributed by atoms with Gasteiger partial charge in [-0.1, -0.05) is 24.3 Å². The molecule has 7 nitrogen and oxygen atoms in total. The summed E-state index contributed by atoms with van der Waals surface area (Å²) in [5.74, 6) is -0.931. The molecule has 0 amide bonds. The Morgan fingerprint density at radius 1 is 1.05 bits per heavy atom. The molecule has 38 heavy (non-hydrogen) atoms. The fourth-order valence-electron chi connectivity index (χ4n) is 5.26. The first kappa shape index (κ1) is 25.5. The predicted octanol–water partition coefficient (Wildman–Crippen LogP) is 5.66. The highest BCUT2D eigenvalue weighted by Crippen LogP contribution is 2.41. The summed E-state index contributed by atoms with van der Waals surface area (Å²) in [4.78, 5) is 18.3. The van der Waals surface area contributed by atoms with Gasteiger partial charge in [-0.2, -0.15) is 0 Å². The number of nitrogens with zero attached hydrogens (tertiary/aromatic N) is 3. The van der Waals surface area contributed by atoms with Gasteiger partial charge in [-0.3, -0.25) is 4.98 Å². The number of carboxylic acids is 1. The number of hydrogen-bond donors (Lipinski definition) is 3. The second kappa shape index (κ2) is 11.1. The Balaban J connectivity index is 1.45. The summed E-state index contributed by atoms with van der Waals surface area (Å²) in [6.45, 7) is 5.81. The SMILES string of the molecule is Cc1cc([C@H]2[C@H](c3ccccn3)NC(=S)N2CCCNc2ccccc2)c(C)n1-c1ccc(C(=O)O)cc1. The lowest BCUT2D eigenvalue weighted by Gasteiger charge is -2.28. The maximum Gasteiger partial charge on any atom is 0.335 e. The van der Waals surface area contributed by atoms with Crippen LogP contribution in [0.4, 0.5) is 5.69 Å². The van der Waals surface area contributed by atoms with Crippen molar-refractivity contribution in [1.29, 1.82) is 0 Å². The molecule has 2 atom stereocenters. The highest BCUT2D eigenvalue weighted by atomic mass is 32.1. The van der Waals surface area contributed by atoms with Crippen molar-refractivity contribution in [1.82, 2.24) is 19.8 Å².